The van der Waals surface area contributed by atoms with Gasteiger partial charge in [0.1, 0.15) is 13.2 Å². The molecule has 0 aromatic rings. The van der Waals surface area contributed by atoms with E-state index in [1.54, 1.807) is 6.08 Å². The maximum Gasteiger partial charge on any atom is 0.310 e. The second-order valence-corrected chi connectivity index (χ2v) is 19.5. The molecule has 0 fully saturated rings. The molecule has 0 aromatic heterocycles. The van der Waals surface area contributed by atoms with Crippen molar-refractivity contribution >= 4 is 17.9 Å². The van der Waals surface area contributed by atoms with Gasteiger partial charge in [0.05, 0.1) is 6.42 Å². The molecule has 0 radical (unpaired) electrons. The van der Waals surface area contributed by atoms with Gasteiger partial charge in [-0.15, -0.1) is 0 Å². The number of unbranched alkanes of at least 4 members (excludes halogenated alkanes) is 19. The number of rotatable bonds is 53. The fourth-order valence-corrected chi connectivity index (χ4v) is 7.91. The molecule has 0 aliphatic heterocycles. The van der Waals surface area contributed by atoms with E-state index in [2.05, 4.69) is 154 Å². The summed E-state index contributed by atoms with van der Waals surface area (Å²) in [4.78, 5) is 38.1. The van der Waals surface area contributed by atoms with Gasteiger partial charge in [-0.05, 0) is 103 Å². The molecule has 0 heterocycles. The highest BCUT2D eigenvalue weighted by Gasteiger charge is 2.19. The van der Waals surface area contributed by atoms with Crippen LogP contribution in [0.25, 0.3) is 0 Å². The number of ether oxygens (including phenoxy) is 3. The van der Waals surface area contributed by atoms with E-state index in [1.807, 2.05) is 6.08 Å². The van der Waals surface area contributed by atoms with Gasteiger partial charge in [-0.3, -0.25) is 14.4 Å². The van der Waals surface area contributed by atoms with Gasteiger partial charge in [-0.25, -0.2) is 0 Å². The summed E-state index contributed by atoms with van der Waals surface area (Å²) in [6, 6.07) is 0. The van der Waals surface area contributed by atoms with Crippen LogP contribution in [0.4, 0.5) is 0 Å². The molecule has 6 heteroatoms. The molecule has 1 atom stereocenters. The highest BCUT2D eigenvalue weighted by molar-refractivity contribution is 5.72. The first kappa shape index (κ1) is 70.3. The van der Waals surface area contributed by atoms with Gasteiger partial charge >= 0.3 is 17.9 Å². The van der Waals surface area contributed by atoms with Crippen molar-refractivity contribution in [1.82, 2.24) is 0 Å². The molecule has 0 saturated heterocycles. The minimum Gasteiger partial charge on any atom is -0.462 e. The molecule has 0 aliphatic rings. The number of carbonyl (C=O) groups excluding carboxylic acids is 3. The molecule has 1 unspecified atom stereocenters. The summed E-state index contributed by atoms with van der Waals surface area (Å²) in [6.45, 7) is 6.31. The first-order valence-electron chi connectivity index (χ1n) is 30.3. The minimum absolute atomic E-state index is 0.0916. The van der Waals surface area contributed by atoms with E-state index in [0.717, 1.165) is 116 Å². The predicted octanol–water partition coefficient (Wildman–Crippen LogP) is 20.8. The van der Waals surface area contributed by atoms with Crippen molar-refractivity contribution < 1.29 is 28.6 Å². The molecule has 0 rings (SSSR count). The average molecular weight is 1040 g/mol. The molecule has 0 saturated carbocycles. The lowest BCUT2D eigenvalue weighted by Crippen LogP contribution is -2.30. The summed E-state index contributed by atoms with van der Waals surface area (Å²) in [5.74, 6) is -1.06. The number of hydrogen-bond acceptors (Lipinski definition) is 6. The van der Waals surface area contributed by atoms with Crippen molar-refractivity contribution in [3.05, 3.63) is 146 Å². The van der Waals surface area contributed by atoms with Crippen molar-refractivity contribution in [2.75, 3.05) is 13.2 Å². The lowest BCUT2D eigenvalue weighted by atomic mass is 10.1. The highest BCUT2D eigenvalue weighted by atomic mass is 16.6. The summed E-state index contributed by atoms with van der Waals surface area (Å²) in [6.07, 6.45) is 88.8. The quantitative estimate of drug-likeness (QED) is 0.0261. The third kappa shape index (κ3) is 60.0. The van der Waals surface area contributed by atoms with Gasteiger partial charge in [-0.1, -0.05) is 276 Å². The predicted molar refractivity (Wildman–Crippen MR) is 325 cm³/mol. The van der Waals surface area contributed by atoms with Gasteiger partial charge < -0.3 is 14.2 Å². The Morgan fingerprint density at radius 1 is 0.293 bits per heavy atom. The second-order valence-electron chi connectivity index (χ2n) is 19.5. The Bertz CT molecular complexity index is 1660. The van der Waals surface area contributed by atoms with Crippen LogP contribution in [0.15, 0.2) is 146 Å². The summed E-state index contributed by atoms with van der Waals surface area (Å²) >= 11 is 0. The third-order valence-corrected chi connectivity index (χ3v) is 12.4. The first-order valence-corrected chi connectivity index (χ1v) is 30.3. The fourth-order valence-electron chi connectivity index (χ4n) is 7.91. The minimum atomic E-state index is -0.838. The van der Waals surface area contributed by atoms with Crippen LogP contribution in [0, 0.1) is 0 Å². The molecule has 75 heavy (non-hydrogen) atoms. The van der Waals surface area contributed by atoms with E-state index in [9.17, 15) is 14.4 Å². The summed E-state index contributed by atoms with van der Waals surface area (Å²) < 4.78 is 16.7. The van der Waals surface area contributed by atoms with Crippen LogP contribution < -0.4 is 0 Å². The van der Waals surface area contributed by atoms with Crippen molar-refractivity contribution in [1.29, 1.82) is 0 Å². The van der Waals surface area contributed by atoms with Gasteiger partial charge in [0, 0.05) is 12.8 Å². The third-order valence-electron chi connectivity index (χ3n) is 12.4. The fraction of sp³-hybridized carbons (Fsp3) is 0.609. The lowest BCUT2D eigenvalue weighted by molar-refractivity contribution is -0.166. The maximum absolute atomic E-state index is 12.8. The van der Waals surface area contributed by atoms with Crippen LogP contribution in [0.5, 0.6) is 0 Å². The number of esters is 3. The van der Waals surface area contributed by atoms with Gasteiger partial charge in [0.2, 0.25) is 0 Å². The average Bonchev–Trinajstić information content (AvgIpc) is 3.41. The van der Waals surface area contributed by atoms with E-state index < -0.39 is 12.1 Å². The van der Waals surface area contributed by atoms with Gasteiger partial charge in [0.15, 0.2) is 6.10 Å². The second kappa shape index (κ2) is 61.8. The van der Waals surface area contributed by atoms with E-state index >= 15 is 0 Å². The van der Waals surface area contributed by atoms with Crippen molar-refractivity contribution in [2.24, 2.45) is 0 Å². The Kier molecular flexibility index (Phi) is 58.0. The van der Waals surface area contributed by atoms with Crippen molar-refractivity contribution in [2.45, 2.75) is 258 Å². The zero-order chi connectivity index (χ0) is 54.3. The largest absolute Gasteiger partial charge is 0.462 e. The normalized spacial score (nSPS) is 13.2. The molecule has 0 bridgehead atoms. The molecule has 0 aliphatic carbocycles. The standard InChI is InChI=1S/C69H110O6/c1-4-7-10-13-16-19-22-24-26-27-28-29-30-31-32-33-34-35-36-37-38-39-40-41-43-44-47-50-53-56-59-62-68(71)74-65-66(64-73-67(70)61-58-55-52-49-46-21-18-15-12-9-6-3)75-69(72)63-60-57-54-51-48-45-42-25-23-20-17-14-11-8-5-2/h7-8,10-11,16-17,19-20,24-26,28-29,31-32,34-35,37-38,42,48,51,57,60,66H,4-6,9,12-15,18,21-23,27,30,33,36,39-41,43-47,49-50,52-56,58-59,61-65H2,1-3H3/b10-7-,11-8-,19-16-,20-17-,26-24-,29-28-,32-31-,35-34-,38-37-,42-25-,51-48-,60-57-. The topological polar surface area (TPSA) is 78.9 Å². The summed E-state index contributed by atoms with van der Waals surface area (Å²) in [5.41, 5.74) is 0. The van der Waals surface area contributed by atoms with Crippen LogP contribution in [0.3, 0.4) is 0 Å². The van der Waals surface area contributed by atoms with Crippen molar-refractivity contribution in [3.63, 3.8) is 0 Å². The molecule has 0 aromatic carbocycles. The summed E-state index contributed by atoms with van der Waals surface area (Å²) in [5, 5.41) is 0. The van der Waals surface area contributed by atoms with E-state index in [4.69, 9.17) is 14.2 Å². The Morgan fingerprint density at radius 2 is 0.560 bits per heavy atom. The van der Waals surface area contributed by atoms with Crippen LogP contribution in [0.2, 0.25) is 0 Å². The van der Waals surface area contributed by atoms with E-state index in [-0.39, 0.29) is 31.6 Å². The number of allylic oxidation sites excluding steroid dienone is 23. The lowest BCUT2D eigenvalue weighted by Gasteiger charge is -2.18. The molecule has 6 nitrogen and oxygen atoms in total. The van der Waals surface area contributed by atoms with Crippen LogP contribution >= 0.6 is 0 Å². The maximum atomic E-state index is 12.8. The smallest absolute Gasteiger partial charge is 0.310 e. The van der Waals surface area contributed by atoms with E-state index in [0.29, 0.717) is 19.3 Å². The Hall–Kier alpha value is -4.71. The van der Waals surface area contributed by atoms with Crippen molar-refractivity contribution in [3.8, 4) is 0 Å². The number of carbonyl (C=O) groups is 3. The molecular formula is C69H110O6. The molecule has 0 N–H and O–H groups in total. The Labute approximate surface area is 461 Å². The molecule has 422 valence electrons. The zero-order valence-corrected chi connectivity index (χ0v) is 48.3. The zero-order valence-electron chi connectivity index (χ0n) is 48.3. The summed E-state index contributed by atoms with van der Waals surface area (Å²) in [7, 11) is 0. The Balaban J connectivity index is 4.32. The SMILES string of the molecule is CC/C=C\C/C=C\C/C=C\C/C=C\C/C=C\C/C=C\C/C=C\CCCCCCCCCCCC(=O)OCC(COC(=O)CCCCCCCCCCCCC)OC(=O)C/C=C\C/C=C\C/C=C\C/C=C\C/C=C\CC. The number of hydrogen-bond donors (Lipinski definition) is 0. The molecular weight excluding hydrogens is 925 g/mol. The first-order chi connectivity index (χ1) is 37.0. The molecule has 0 amide bonds. The monoisotopic (exact) mass is 1030 g/mol. The van der Waals surface area contributed by atoms with Crippen LogP contribution in [-0.4, -0.2) is 37.2 Å². The van der Waals surface area contributed by atoms with Gasteiger partial charge in [0.25, 0.3) is 0 Å². The van der Waals surface area contributed by atoms with E-state index in [1.165, 1.54) is 89.9 Å². The molecule has 0 spiro atoms. The van der Waals surface area contributed by atoms with Gasteiger partial charge in [-0.2, -0.15) is 0 Å². The Morgan fingerprint density at radius 3 is 0.880 bits per heavy atom. The van der Waals surface area contributed by atoms with Crippen LogP contribution in [-0.2, 0) is 28.6 Å². The van der Waals surface area contributed by atoms with Crippen LogP contribution in [0.1, 0.15) is 252 Å². The highest BCUT2D eigenvalue weighted by Crippen LogP contribution is 2.14.